The van der Waals surface area contributed by atoms with Crippen molar-refractivity contribution in [1.29, 1.82) is 0 Å². The Labute approximate surface area is 92.4 Å². The fourth-order valence-electron chi connectivity index (χ4n) is 2.40. The summed E-state index contributed by atoms with van der Waals surface area (Å²) in [5.41, 5.74) is 1.46. The lowest BCUT2D eigenvalue weighted by atomic mass is 9.62. The molecular formula is C13H22O2. The summed E-state index contributed by atoms with van der Waals surface area (Å²) in [6.45, 7) is 10.3. The van der Waals surface area contributed by atoms with Crippen LogP contribution in [-0.4, -0.2) is 11.1 Å². The van der Waals surface area contributed by atoms with Crippen molar-refractivity contribution in [2.75, 3.05) is 0 Å². The lowest BCUT2D eigenvalue weighted by molar-refractivity contribution is -0.143. The Morgan fingerprint density at radius 1 is 1.60 bits per heavy atom. The number of hydrogen-bond acceptors (Lipinski definition) is 1. The van der Waals surface area contributed by atoms with Crippen LogP contribution < -0.4 is 0 Å². The number of carboxylic acid groups (broad SMARTS) is 1. The van der Waals surface area contributed by atoms with Gasteiger partial charge in [0.05, 0.1) is 5.92 Å². The van der Waals surface area contributed by atoms with Crippen molar-refractivity contribution >= 4 is 5.97 Å². The monoisotopic (exact) mass is 210 g/mol. The van der Waals surface area contributed by atoms with Gasteiger partial charge >= 0.3 is 5.97 Å². The first-order valence-corrected chi connectivity index (χ1v) is 5.76. The minimum atomic E-state index is -0.649. The molecule has 0 bridgehead atoms. The van der Waals surface area contributed by atoms with E-state index in [1.54, 1.807) is 0 Å². The molecule has 0 heterocycles. The van der Waals surface area contributed by atoms with E-state index < -0.39 is 5.97 Å². The van der Waals surface area contributed by atoms with E-state index in [2.05, 4.69) is 20.4 Å². The van der Waals surface area contributed by atoms with Crippen molar-refractivity contribution < 1.29 is 9.90 Å². The molecule has 1 N–H and O–H groups in total. The molecule has 1 aliphatic carbocycles. The molecule has 1 aliphatic rings. The van der Waals surface area contributed by atoms with E-state index in [0.29, 0.717) is 5.92 Å². The van der Waals surface area contributed by atoms with Gasteiger partial charge in [-0.25, -0.2) is 0 Å². The first kappa shape index (κ1) is 12.3. The van der Waals surface area contributed by atoms with Crippen molar-refractivity contribution in [3.8, 4) is 0 Å². The highest BCUT2D eigenvalue weighted by Gasteiger charge is 2.38. The summed E-state index contributed by atoms with van der Waals surface area (Å²) in [4.78, 5) is 11.0. The van der Waals surface area contributed by atoms with E-state index in [9.17, 15) is 4.79 Å². The quantitative estimate of drug-likeness (QED) is 0.705. The van der Waals surface area contributed by atoms with Gasteiger partial charge in [0.2, 0.25) is 0 Å². The third-order valence-electron chi connectivity index (χ3n) is 3.79. The first-order chi connectivity index (χ1) is 6.86. The van der Waals surface area contributed by atoms with Crippen LogP contribution in [-0.2, 0) is 4.79 Å². The summed E-state index contributed by atoms with van der Waals surface area (Å²) in [7, 11) is 0. The summed E-state index contributed by atoms with van der Waals surface area (Å²) in [5, 5.41) is 9.04. The average Bonchev–Trinajstić information content (AvgIpc) is 2.08. The van der Waals surface area contributed by atoms with Crippen LogP contribution >= 0.6 is 0 Å². The molecule has 0 aromatic carbocycles. The van der Waals surface area contributed by atoms with Crippen LogP contribution in [0.3, 0.4) is 0 Å². The standard InChI is InChI=1S/C13H22O2/c1-5-10(12(14)15)8-13(3,4)11-6-9(2)7-11/h10-11H,2,5-8H2,1,3-4H3,(H,14,15). The molecule has 1 saturated carbocycles. The molecule has 2 nitrogen and oxygen atoms in total. The minimum absolute atomic E-state index is 0.139. The second-order valence-electron chi connectivity index (χ2n) is 5.49. The second kappa shape index (κ2) is 4.38. The van der Waals surface area contributed by atoms with Crippen LogP contribution in [0.25, 0.3) is 0 Å². The molecule has 0 aromatic rings. The zero-order chi connectivity index (χ0) is 11.6. The molecule has 0 amide bonds. The maximum Gasteiger partial charge on any atom is 0.306 e. The van der Waals surface area contributed by atoms with Crippen molar-refractivity contribution in [3.63, 3.8) is 0 Å². The van der Waals surface area contributed by atoms with Gasteiger partial charge in [0.1, 0.15) is 0 Å². The molecule has 0 aliphatic heterocycles. The second-order valence-corrected chi connectivity index (χ2v) is 5.49. The molecular weight excluding hydrogens is 188 g/mol. The third-order valence-corrected chi connectivity index (χ3v) is 3.79. The Hall–Kier alpha value is -0.790. The number of carboxylic acids is 1. The first-order valence-electron chi connectivity index (χ1n) is 5.76. The fraction of sp³-hybridized carbons (Fsp3) is 0.769. The van der Waals surface area contributed by atoms with Gasteiger partial charge in [0, 0.05) is 0 Å². The van der Waals surface area contributed by atoms with Gasteiger partial charge in [0.25, 0.3) is 0 Å². The Morgan fingerprint density at radius 2 is 2.13 bits per heavy atom. The molecule has 15 heavy (non-hydrogen) atoms. The summed E-state index contributed by atoms with van der Waals surface area (Å²) < 4.78 is 0. The van der Waals surface area contributed by atoms with E-state index in [1.165, 1.54) is 5.57 Å². The molecule has 1 atom stereocenters. The van der Waals surface area contributed by atoms with Crippen molar-refractivity contribution in [3.05, 3.63) is 12.2 Å². The number of carbonyl (C=O) groups is 1. The molecule has 1 unspecified atom stereocenters. The highest BCUT2D eigenvalue weighted by Crippen LogP contribution is 2.47. The van der Waals surface area contributed by atoms with Crippen LogP contribution in [0.2, 0.25) is 0 Å². The molecule has 1 fully saturated rings. The normalized spacial score (nSPS) is 19.8. The highest BCUT2D eigenvalue weighted by atomic mass is 16.4. The summed E-state index contributed by atoms with van der Waals surface area (Å²) >= 11 is 0. The van der Waals surface area contributed by atoms with Crippen molar-refractivity contribution in [1.82, 2.24) is 0 Å². The molecule has 0 radical (unpaired) electrons. The smallest absolute Gasteiger partial charge is 0.306 e. The Bertz CT molecular complexity index is 258. The van der Waals surface area contributed by atoms with Gasteiger partial charge < -0.3 is 5.11 Å². The SMILES string of the molecule is C=C1CC(C(C)(C)CC(CC)C(=O)O)C1. The van der Waals surface area contributed by atoms with E-state index in [4.69, 9.17) is 5.11 Å². The number of aliphatic carboxylic acids is 1. The zero-order valence-electron chi connectivity index (χ0n) is 10.0. The molecule has 0 aromatic heterocycles. The van der Waals surface area contributed by atoms with Gasteiger partial charge in [-0.1, -0.05) is 32.9 Å². The van der Waals surface area contributed by atoms with Crippen LogP contribution in [0.15, 0.2) is 12.2 Å². The zero-order valence-corrected chi connectivity index (χ0v) is 10.0. The number of allylic oxidation sites excluding steroid dienone is 1. The predicted octanol–water partition coefficient (Wildman–Crippen LogP) is 3.48. The minimum Gasteiger partial charge on any atom is -0.481 e. The van der Waals surface area contributed by atoms with Gasteiger partial charge in [-0.2, -0.15) is 0 Å². The Balaban J connectivity index is 2.54. The lowest BCUT2D eigenvalue weighted by Crippen LogP contribution is -2.34. The van der Waals surface area contributed by atoms with Crippen LogP contribution in [0.4, 0.5) is 0 Å². The molecule has 86 valence electrons. The molecule has 0 spiro atoms. The maximum absolute atomic E-state index is 11.0. The Kier molecular flexibility index (Phi) is 3.58. The topological polar surface area (TPSA) is 37.3 Å². The Morgan fingerprint density at radius 3 is 2.47 bits per heavy atom. The lowest BCUT2D eigenvalue weighted by Gasteiger charge is -2.43. The van der Waals surface area contributed by atoms with Crippen LogP contribution in [0.5, 0.6) is 0 Å². The van der Waals surface area contributed by atoms with Gasteiger partial charge in [-0.05, 0) is 37.0 Å². The van der Waals surface area contributed by atoms with Gasteiger partial charge in [-0.15, -0.1) is 0 Å². The molecule has 0 saturated heterocycles. The largest absolute Gasteiger partial charge is 0.481 e. The third kappa shape index (κ3) is 2.83. The van der Waals surface area contributed by atoms with E-state index in [1.807, 2.05) is 6.92 Å². The number of rotatable bonds is 5. The van der Waals surface area contributed by atoms with E-state index >= 15 is 0 Å². The van der Waals surface area contributed by atoms with Crippen molar-refractivity contribution in [2.24, 2.45) is 17.3 Å². The van der Waals surface area contributed by atoms with E-state index in [0.717, 1.165) is 25.7 Å². The van der Waals surface area contributed by atoms with Crippen LogP contribution in [0.1, 0.15) is 46.5 Å². The predicted molar refractivity (Wildman–Crippen MR) is 61.7 cm³/mol. The highest BCUT2D eigenvalue weighted by molar-refractivity contribution is 5.69. The fourth-order valence-corrected chi connectivity index (χ4v) is 2.40. The van der Waals surface area contributed by atoms with Gasteiger partial charge in [-0.3, -0.25) is 4.79 Å². The maximum atomic E-state index is 11.0. The van der Waals surface area contributed by atoms with Gasteiger partial charge in [0.15, 0.2) is 0 Å². The summed E-state index contributed by atoms with van der Waals surface area (Å²) in [5.74, 6) is -0.198. The van der Waals surface area contributed by atoms with Crippen molar-refractivity contribution in [2.45, 2.75) is 46.5 Å². The number of hydrogen-bond donors (Lipinski definition) is 1. The molecule has 1 rings (SSSR count). The molecule has 2 heteroatoms. The summed E-state index contributed by atoms with van der Waals surface area (Å²) in [6.07, 6.45) is 3.69. The average molecular weight is 210 g/mol. The van der Waals surface area contributed by atoms with E-state index in [-0.39, 0.29) is 11.3 Å². The van der Waals surface area contributed by atoms with Crippen LogP contribution in [0, 0.1) is 17.3 Å². The summed E-state index contributed by atoms with van der Waals surface area (Å²) in [6, 6.07) is 0.